The van der Waals surface area contributed by atoms with Gasteiger partial charge in [-0.3, -0.25) is 0 Å². The Morgan fingerprint density at radius 1 is 1.20 bits per heavy atom. The first-order valence-corrected chi connectivity index (χ1v) is 6.42. The second-order valence-corrected chi connectivity index (χ2v) is 6.16. The molecule has 0 amide bonds. The van der Waals surface area contributed by atoms with E-state index in [0.717, 1.165) is 18.6 Å². The number of likely N-dealkylation sites (tertiary alicyclic amines) is 1. The highest BCUT2D eigenvalue weighted by Crippen LogP contribution is 2.30. The summed E-state index contributed by atoms with van der Waals surface area (Å²) in [5, 5.41) is 0. The first-order valence-electron chi connectivity index (χ1n) is 6.42. The largest absolute Gasteiger partial charge is 0.376 e. The van der Waals surface area contributed by atoms with E-state index in [2.05, 4.69) is 25.7 Å². The van der Waals surface area contributed by atoms with Crippen molar-refractivity contribution in [1.29, 1.82) is 0 Å². The fourth-order valence-corrected chi connectivity index (χ4v) is 2.45. The molecule has 2 rings (SSSR count). The smallest absolute Gasteiger partial charge is 0.0598 e. The second-order valence-electron chi connectivity index (χ2n) is 6.16. The fourth-order valence-electron chi connectivity index (χ4n) is 2.45. The maximum atomic E-state index is 5.87. The van der Waals surface area contributed by atoms with Gasteiger partial charge >= 0.3 is 0 Å². The van der Waals surface area contributed by atoms with Crippen LogP contribution in [0.5, 0.6) is 0 Å². The zero-order valence-electron chi connectivity index (χ0n) is 10.5. The standard InChI is InChI=1S/C13H25NO/c1-13(2,3)15-10-11-7-8-14(9-11)12-5-4-6-12/h11-12H,4-10H2,1-3H3. The van der Waals surface area contributed by atoms with E-state index < -0.39 is 0 Å². The summed E-state index contributed by atoms with van der Waals surface area (Å²) in [6.07, 6.45) is 5.66. The van der Waals surface area contributed by atoms with Gasteiger partial charge < -0.3 is 9.64 Å². The zero-order chi connectivity index (χ0) is 10.9. The monoisotopic (exact) mass is 211 g/mol. The third-order valence-corrected chi connectivity index (χ3v) is 3.66. The molecule has 1 heterocycles. The molecule has 1 saturated carbocycles. The second kappa shape index (κ2) is 4.42. The average Bonchev–Trinajstić information content (AvgIpc) is 2.45. The van der Waals surface area contributed by atoms with Crippen molar-refractivity contribution >= 4 is 0 Å². The van der Waals surface area contributed by atoms with E-state index in [1.54, 1.807) is 0 Å². The van der Waals surface area contributed by atoms with E-state index in [0.29, 0.717) is 0 Å². The summed E-state index contributed by atoms with van der Waals surface area (Å²) in [7, 11) is 0. The molecule has 1 atom stereocenters. The Bertz CT molecular complexity index is 205. The van der Waals surface area contributed by atoms with E-state index in [1.165, 1.54) is 38.8 Å². The molecule has 2 fully saturated rings. The Morgan fingerprint density at radius 2 is 1.93 bits per heavy atom. The highest BCUT2D eigenvalue weighted by atomic mass is 16.5. The number of rotatable bonds is 3. The molecule has 0 aromatic rings. The predicted octanol–water partition coefficient (Wildman–Crippen LogP) is 2.68. The van der Waals surface area contributed by atoms with Crippen molar-refractivity contribution in [2.24, 2.45) is 5.92 Å². The number of nitrogens with zero attached hydrogens (tertiary/aromatic N) is 1. The molecule has 0 aromatic heterocycles. The predicted molar refractivity (Wildman–Crippen MR) is 63.0 cm³/mol. The van der Waals surface area contributed by atoms with Gasteiger partial charge in [-0.15, -0.1) is 0 Å². The van der Waals surface area contributed by atoms with E-state index in [1.807, 2.05) is 0 Å². The summed E-state index contributed by atoms with van der Waals surface area (Å²) in [6, 6.07) is 0.921. The Hall–Kier alpha value is -0.0800. The molecule has 0 N–H and O–H groups in total. The minimum atomic E-state index is 0.0316. The number of hydrogen-bond acceptors (Lipinski definition) is 2. The maximum Gasteiger partial charge on any atom is 0.0598 e. The van der Waals surface area contributed by atoms with Crippen LogP contribution in [0.15, 0.2) is 0 Å². The van der Waals surface area contributed by atoms with Crippen molar-refractivity contribution in [3.05, 3.63) is 0 Å². The van der Waals surface area contributed by atoms with Crippen LogP contribution in [0.3, 0.4) is 0 Å². The molecule has 0 bridgehead atoms. The molecule has 0 radical (unpaired) electrons. The molecular weight excluding hydrogens is 186 g/mol. The van der Waals surface area contributed by atoms with Crippen molar-refractivity contribution in [2.45, 2.75) is 58.1 Å². The summed E-state index contributed by atoms with van der Waals surface area (Å²) in [6.45, 7) is 9.97. The van der Waals surface area contributed by atoms with Crippen LogP contribution in [0.4, 0.5) is 0 Å². The van der Waals surface area contributed by atoms with Gasteiger partial charge in [-0.25, -0.2) is 0 Å². The molecule has 1 unspecified atom stereocenters. The summed E-state index contributed by atoms with van der Waals surface area (Å²) in [5.74, 6) is 0.782. The van der Waals surface area contributed by atoms with Crippen molar-refractivity contribution < 1.29 is 4.74 Å². The van der Waals surface area contributed by atoms with Gasteiger partial charge in [-0.2, -0.15) is 0 Å². The van der Waals surface area contributed by atoms with Crippen LogP contribution < -0.4 is 0 Å². The summed E-state index contributed by atoms with van der Waals surface area (Å²) < 4.78 is 5.87. The van der Waals surface area contributed by atoms with E-state index >= 15 is 0 Å². The van der Waals surface area contributed by atoms with Crippen LogP contribution >= 0.6 is 0 Å². The summed E-state index contributed by atoms with van der Waals surface area (Å²) in [4.78, 5) is 2.68. The van der Waals surface area contributed by atoms with Crippen LogP contribution in [0, 0.1) is 5.92 Å². The highest BCUT2D eigenvalue weighted by Gasteiger charge is 2.31. The van der Waals surface area contributed by atoms with Gasteiger partial charge in [-0.1, -0.05) is 6.42 Å². The third-order valence-electron chi connectivity index (χ3n) is 3.66. The van der Waals surface area contributed by atoms with E-state index in [9.17, 15) is 0 Å². The molecule has 88 valence electrons. The Kier molecular flexibility index (Phi) is 3.36. The molecule has 2 heteroatoms. The molecule has 1 saturated heterocycles. The van der Waals surface area contributed by atoms with Gasteiger partial charge in [-0.05, 0) is 52.5 Å². The normalized spacial score (nSPS) is 29.4. The van der Waals surface area contributed by atoms with E-state index in [4.69, 9.17) is 4.74 Å². The zero-order valence-corrected chi connectivity index (χ0v) is 10.5. The lowest BCUT2D eigenvalue weighted by Gasteiger charge is -2.34. The van der Waals surface area contributed by atoms with Gasteiger partial charge in [0, 0.05) is 12.6 Å². The molecule has 0 aromatic carbocycles. The van der Waals surface area contributed by atoms with Crippen molar-refractivity contribution in [2.75, 3.05) is 19.7 Å². The van der Waals surface area contributed by atoms with Crippen molar-refractivity contribution in [3.8, 4) is 0 Å². The lowest BCUT2D eigenvalue weighted by molar-refractivity contribution is -0.0216. The van der Waals surface area contributed by atoms with Crippen LogP contribution in [-0.2, 0) is 4.74 Å². The maximum absolute atomic E-state index is 5.87. The van der Waals surface area contributed by atoms with Crippen LogP contribution in [0.25, 0.3) is 0 Å². The van der Waals surface area contributed by atoms with E-state index in [-0.39, 0.29) is 5.60 Å². The van der Waals surface area contributed by atoms with Crippen molar-refractivity contribution in [3.63, 3.8) is 0 Å². The molecule has 1 aliphatic carbocycles. The summed E-state index contributed by atoms with van der Waals surface area (Å²) >= 11 is 0. The summed E-state index contributed by atoms with van der Waals surface area (Å²) in [5.41, 5.74) is 0.0316. The molecule has 0 spiro atoms. The molecule has 2 nitrogen and oxygen atoms in total. The Balaban J connectivity index is 1.68. The lowest BCUT2D eigenvalue weighted by atomic mass is 9.92. The van der Waals surface area contributed by atoms with Gasteiger partial charge in [0.15, 0.2) is 0 Å². The van der Waals surface area contributed by atoms with Crippen LogP contribution in [0.1, 0.15) is 46.5 Å². The molecule has 1 aliphatic heterocycles. The SMILES string of the molecule is CC(C)(C)OCC1CCN(C2CCC2)C1. The third kappa shape index (κ3) is 3.18. The van der Waals surface area contributed by atoms with Gasteiger partial charge in [0.25, 0.3) is 0 Å². The minimum absolute atomic E-state index is 0.0316. The lowest BCUT2D eigenvalue weighted by Crippen LogP contribution is -2.38. The Morgan fingerprint density at radius 3 is 2.47 bits per heavy atom. The van der Waals surface area contributed by atoms with Gasteiger partial charge in [0.05, 0.1) is 12.2 Å². The van der Waals surface area contributed by atoms with Crippen LogP contribution in [-0.4, -0.2) is 36.2 Å². The van der Waals surface area contributed by atoms with Gasteiger partial charge in [0.1, 0.15) is 0 Å². The van der Waals surface area contributed by atoms with Gasteiger partial charge in [0.2, 0.25) is 0 Å². The Labute approximate surface area is 94.0 Å². The quantitative estimate of drug-likeness (QED) is 0.711. The highest BCUT2D eigenvalue weighted by molar-refractivity contribution is 4.86. The number of ether oxygens (including phenoxy) is 1. The fraction of sp³-hybridized carbons (Fsp3) is 1.00. The van der Waals surface area contributed by atoms with Crippen molar-refractivity contribution in [1.82, 2.24) is 4.90 Å². The first kappa shape index (κ1) is 11.4. The first-order chi connectivity index (χ1) is 7.04. The van der Waals surface area contributed by atoms with Crippen LogP contribution in [0.2, 0.25) is 0 Å². The average molecular weight is 211 g/mol. The molecule has 15 heavy (non-hydrogen) atoms. The molecular formula is C13H25NO. The molecule has 2 aliphatic rings. The topological polar surface area (TPSA) is 12.5 Å². The number of hydrogen-bond donors (Lipinski definition) is 0. The minimum Gasteiger partial charge on any atom is -0.376 e.